The highest BCUT2D eigenvalue weighted by atomic mass is 32.1. The van der Waals surface area contributed by atoms with E-state index in [4.69, 9.17) is 4.98 Å². The Hall–Kier alpha value is -1.24. The lowest BCUT2D eigenvalue weighted by molar-refractivity contribution is 0.103. The largest absolute Gasteiger partial charge is 0.309 e. The van der Waals surface area contributed by atoms with Crippen molar-refractivity contribution in [3.63, 3.8) is 0 Å². The van der Waals surface area contributed by atoms with Gasteiger partial charge in [-0.3, -0.25) is 9.69 Å². The number of aryl methyl sites for hydroxylation is 1. The summed E-state index contributed by atoms with van der Waals surface area (Å²) in [6.45, 7) is 12.1. The van der Waals surface area contributed by atoms with Crippen LogP contribution in [0.15, 0.2) is 4.79 Å². The molecular weight excluding hydrogens is 332 g/mol. The Morgan fingerprint density at radius 2 is 2.08 bits per heavy atom. The van der Waals surface area contributed by atoms with Crippen LogP contribution < -0.4 is 5.56 Å². The molecular formula is C19H28N4OS. The second-order valence-corrected chi connectivity index (χ2v) is 8.71. The Morgan fingerprint density at radius 1 is 1.32 bits per heavy atom. The number of hydrogen-bond acceptors (Lipinski definition) is 5. The van der Waals surface area contributed by atoms with Crippen LogP contribution in [0.5, 0.6) is 0 Å². The number of fused-ring (bicyclic) bond motifs is 3. The summed E-state index contributed by atoms with van der Waals surface area (Å²) >= 11 is 1.74. The minimum Gasteiger partial charge on any atom is -0.309 e. The Kier molecular flexibility index (Phi) is 4.69. The van der Waals surface area contributed by atoms with Crippen molar-refractivity contribution in [3.05, 3.63) is 26.6 Å². The first-order chi connectivity index (χ1) is 12.1. The Morgan fingerprint density at radius 3 is 2.80 bits per heavy atom. The summed E-state index contributed by atoms with van der Waals surface area (Å²) in [6.07, 6.45) is 3.30. The van der Waals surface area contributed by atoms with Gasteiger partial charge in [0.1, 0.15) is 10.7 Å². The lowest BCUT2D eigenvalue weighted by Gasteiger charge is -2.37. The molecule has 5 nitrogen and oxygen atoms in total. The predicted octanol–water partition coefficient (Wildman–Crippen LogP) is 2.81. The lowest BCUT2D eigenvalue weighted by atomic mass is 9.89. The van der Waals surface area contributed by atoms with Crippen molar-refractivity contribution in [2.75, 3.05) is 32.7 Å². The Labute approximate surface area is 153 Å². The third kappa shape index (κ3) is 3.15. The van der Waals surface area contributed by atoms with Crippen LogP contribution in [0.3, 0.4) is 0 Å². The van der Waals surface area contributed by atoms with Gasteiger partial charge >= 0.3 is 0 Å². The minimum atomic E-state index is 0.0612. The molecule has 0 radical (unpaired) electrons. The second kappa shape index (κ2) is 6.82. The fraction of sp³-hybridized carbons (Fsp3) is 0.684. The third-order valence-electron chi connectivity index (χ3n) is 5.98. The summed E-state index contributed by atoms with van der Waals surface area (Å²) in [5.41, 5.74) is 1.33. The summed E-state index contributed by atoms with van der Waals surface area (Å²) in [5.74, 6) is 1.54. The van der Waals surface area contributed by atoms with Crippen molar-refractivity contribution < 1.29 is 0 Å². The Bertz CT molecular complexity index is 819. The molecule has 4 rings (SSSR count). The number of nitrogens with zero attached hydrogens (tertiary/aromatic N) is 3. The number of likely N-dealkylation sites (N-methyl/N-ethyl adjacent to an activating group) is 1. The smallest absolute Gasteiger partial charge is 0.259 e. The fourth-order valence-electron chi connectivity index (χ4n) is 4.20. The monoisotopic (exact) mass is 360 g/mol. The highest BCUT2D eigenvalue weighted by Gasteiger charge is 2.26. The number of piperazine rings is 1. The van der Waals surface area contributed by atoms with Gasteiger partial charge in [-0.2, -0.15) is 0 Å². The van der Waals surface area contributed by atoms with Crippen LogP contribution in [0.2, 0.25) is 0 Å². The molecule has 25 heavy (non-hydrogen) atoms. The highest BCUT2D eigenvalue weighted by molar-refractivity contribution is 7.18. The number of aromatic amines is 1. The maximum atomic E-state index is 12.8. The van der Waals surface area contributed by atoms with Crippen LogP contribution in [-0.4, -0.2) is 52.5 Å². The molecule has 0 saturated carbocycles. The highest BCUT2D eigenvalue weighted by Crippen LogP contribution is 2.36. The quantitative estimate of drug-likeness (QED) is 0.914. The zero-order chi connectivity index (χ0) is 17.6. The molecule has 0 unspecified atom stereocenters. The van der Waals surface area contributed by atoms with E-state index in [9.17, 15) is 4.79 Å². The summed E-state index contributed by atoms with van der Waals surface area (Å²) in [5, 5.41) is 0.860. The predicted molar refractivity (Wildman–Crippen MR) is 104 cm³/mol. The van der Waals surface area contributed by atoms with Crippen molar-refractivity contribution in [1.29, 1.82) is 0 Å². The summed E-state index contributed by atoms with van der Waals surface area (Å²) in [4.78, 5) is 28.0. The van der Waals surface area contributed by atoms with E-state index in [1.807, 2.05) is 0 Å². The van der Waals surface area contributed by atoms with E-state index in [2.05, 4.69) is 35.6 Å². The Balaban J connectivity index is 1.64. The number of nitrogens with one attached hydrogen (secondary N) is 1. The molecule has 2 atom stereocenters. The average molecular weight is 361 g/mol. The maximum Gasteiger partial charge on any atom is 0.259 e. The number of H-pyrrole nitrogens is 1. The molecule has 2 aromatic rings. The minimum absolute atomic E-state index is 0.0612. The zero-order valence-electron chi connectivity index (χ0n) is 15.5. The van der Waals surface area contributed by atoms with Gasteiger partial charge in [-0.05, 0) is 44.2 Å². The van der Waals surface area contributed by atoms with E-state index < -0.39 is 0 Å². The van der Waals surface area contributed by atoms with Crippen LogP contribution >= 0.6 is 11.3 Å². The zero-order valence-corrected chi connectivity index (χ0v) is 16.3. The SMILES string of the molecule is CCN1CCN([C@H](C)c2nc3sc4c(c3c(=O)[nH]2)CC[C@H](C)C4)CC1. The standard InChI is InChI=1S/C19H28N4OS/c1-4-22-7-9-23(10-8-22)13(3)17-20-18(24)16-14-6-5-12(2)11-15(14)25-19(16)21-17/h12-13H,4-11H2,1-3H3,(H,20,21,24)/t12-,13+/m0/s1. The van der Waals surface area contributed by atoms with E-state index in [1.54, 1.807) is 11.3 Å². The summed E-state index contributed by atoms with van der Waals surface area (Å²) in [7, 11) is 0. The van der Waals surface area contributed by atoms with Gasteiger partial charge in [0.25, 0.3) is 5.56 Å². The molecule has 1 aliphatic heterocycles. The molecule has 0 spiro atoms. The van der Waals surface area contributed by atoms with Crippen molar-refractivity contribution in [2.24, 2.45) is 5.92 Å². The van der Waals surface area contributed by atoms with Crippen molar-refractivity contribution >= 4 is 21.6 Å². The molecule has 6 heteroatoms. The van der Waals surface area contributed by atoms with Crippen LogP contribution in [0.1, 0.15) is 49.5 Å². The summed E-state index contributed by atoms with van der Waals surface area (Å²) in [6, 6.07) is 0.161. The molecule has 1 aliphatic carbocycles. The van der Waals surface area contributed by atoms with Gasteiger partial charge < -0.3 is 9.88 Å². The molecule has 3 heterocycles. The third-order valence-corrected chi connectivity index (χ3v) is 7.13. The molecule has 2 aromatic heterocycles. The van der Waals surface area contributed by atoms with E-state index in [-0.39, 0.29) is 11.6 Å². The van der Waals surface area contributed by atoms with Gasteiger partial charge in [-0.25, -0.2) is 4.98 Å². The van der Waals surface area contributed by atoms with E-state index in [1.165, 1.54) is 16.9 Å². The average Bonchev–Trinajstić information content (AvgIpc) is 2.98. The van der Waals surface area contributed by atoms with Crippen LogP contribution in [0, 0.1) is 5.92 Å². The van der Waals surface area contributed by atoms with Gasteiger partial charge in [0.2, 0.25) is 0 Å². The first kappa shape index (κ1) is 17.2. The molecule has 0 aromatic carbocycles. The topological polar surface area (TPSA) is 52.2 Å². The molecule has 1 N–H and O–H groups in total. The van der Waals surface area contributed by atoms with Crippen molar-refractivity contribution in [2.45, 2.75) is 46.1 Å². The maximum absolute atomic E-state index is 12.8. The molecule has 0 amide bonds. The van der Waals surface area contributed by atoms with E-state index in [0.29, 0.717) is 5.92 Å². The van der Waals surface area contributed by atoms with Gasteiger partial charge in [0.05, 0.1) is 11.4 Å². The van der Waals surface area contributed by atoms with E-state index >= 15 is 0 Å². The fourth-order valence-corrected chi connectivity index (χ4v) is 5.59. The second-order valence-electron chi connectivity index (χ2n) is 7.63. The molecule has 2 aliphatic rings. The van der Waals surface area contributed by atoms with Gasteiger partial charge in [-0.15, -0.1) is 11.3 Å². The summed E-state index contributed by atoms with van der Waals surface area (Å²) < 4.78 is 0. The van der Waals surface area contributed by atoms with Crippen molar-refractivity contribution in [1.82, 2.24) is 19.8 Å². The lowest BCUT2D eigenvalue weighted by Crippen LogP contribution is -2.47. The number of rotatable bonds is 3. The molecule has 1 fully saturated rings. The van der Waals surface area contributed by atoms with Crippen LogP contribution in [0.4, 0.5) is 0 Å². The van der Waals surface area contributed by atoms with Gasteiger partial charge in [0.15, 0.2) is 0 Å². The normalized spacial score (nSPS) is 23.7. The number of thiophene rings is 1. The first-order valence-electron chi connectivity index (χ1n) is 9.57. The first-order valence-corrected chi connectivity index (χ1v) is 10.4. The molecule has 136 valence electrons. The number of hydrogen-bond donors (Lipinski definition) is 1. The van der Waals surface area contributed by atoms with Crippen LogP contribution in [0.25, 0.3) is 10.2 Å². The van der Waals surface area contributed by atoms with Crippen LogP contribution in [-0.2, 0) is 12.8 Å². The van der Waals surface area contributed by atoms with Crippen molar-refractivity contribution in [3.8, 4) is 0 Å². The molecule has 0 bridgehead atoms. The molecule has 1 saturated heterocycles. The van der Waals surface area contributed by atoms with Gasteiger partial charge in [0, 0.05) is 31.1 Å². The number of aromatic nitrogens is 2. The van der Waals surface area contributed by atoms with Gasteiger partial charge in [-0.1, -0.05) is 13.8 Å². The van der Waals surface area contributed by atoms with E-state index in [0.717, 1.165) is 61.6 Å².